The minimum atomic E-state index is -0.795. The average molecular weight is 1020 g/mol. The Morgan fingerprint density at radius 1 is 0.288 bits per heavy atom. The van der Waals surface area contributed by atoms with Gasteiger partial charge < -0.3 is 14.2 Å². The average Bonchev–Trinajstić information content (AvgIpc) is 3.39. The lowest BCUT2D eigenvalue weighted by atomic mass is 10.0. The molecule has 1 atom stereocenters. The second-order valence-corrected chi connectivity index (χ2v) is 21.3. The van der Waals surface area contributed by atoms with E-state index in [0.29, 0.717) is 19.3 Å². The number of carbonyl (C=O) groups excluding carboxylic acids is 3. The molecule has 0 fully saturated rings. The Morgan fingerprint density at radius 3 is 0.836 bits per heavy atom. The third kappa shape index (κ3) is 59.9. The first-order valence-electron chi connectivity index (χ1n) is 31.8. The first kappa shape index (κ1) is 70.1. The maximum Gasteiger partial charge on any atom is 0.306 e. The number of hydrogen-bond acceptors (Lipinski definition) is 6. The van der Waals surface area contributed by atoms with Gasteiger partial charge in [0.15, 0.2) is 6.10 Å². The first-order chi connectivity index (χ1) is 36.0. The third-order valence-electron chi connectivity index (χ3n) is 14.0. The minimum absolute atomic E-state index is 0.0871. The fourth-order valence-corrected chi connectivity index (χ4v) is 9.31. The summed E-state index contributed by atoms with van der Waals surface area (Å²) in [7, 11) is 0. The molecule has 6 nitrogen and oxygen atoms in total. The van der Waals surface area contributed by atoms with Gasteiger partial charge in [0.2, 0.25) is 0 Å². The molecule has 0 aromatic carbocycles. The van der Waals surface area contributed by atoms with Crippen LogP contribution in [-0.4, -0.2) is 37.2 Å². The van der Waals surface area contributed by atoms with Crippen molar-refractivity contribution in [2.75, 3.05) is 13.2 Å². The summed E-state index contributed by atoms with van der Waals surface area (Å²) in [5.41, 5.74) is 0. The van der Waals surface area contributed by atoms with Gasteiger partial charge in [-0.25, -0.2) is 0 Å². The molecule has 424 valence electrons. The van der Waals surface area contributed by atoms with Crippen LogP contribution in [0.25, 0.3) is 0 Å². The summed E-state index contributed by atoms with van der Waals surface area (Å²) in [6.45, 7) is 6.54. The van der Waals surface area contributed by atoms with Gasteiger partial charge in [-0.15, -0.1) is 0 Å². The van der Waals surface area contributed by atoms with Crippen LogP contribution in [0.3, 0.4) is 0 Å². The fourth-order valence-electron chi connectivity index (χ4n) is 9.31. The molecular weight excluding hydrogens is 901 g/mol. The van der Waals surface area contributed by atoms with Crippen LogP contribution < -0.4 is 0 Å². The zero-order chi connectivity index (χ0) is 52.9. The summed E-state index contributed by atoms with van der Waals surface area (Å²) in [6.07, 6.45) is 78.0. The molecule has 0 saturated heterocycles. The number of ether oxygens (including phenoxy) is 3. The van der Waals surface area contributed by atoms with Crippen LogP contribution in [0.15, 0.2) is 60.8 Å². The maximum atomic E-state index is 12.9. The van der Waals surface area contributed by atoms with Gasteiger partial charge in [0.05, 0.1) is 0 Å². The van der Waals surface area contributed by atoms with E-state index in [2.05, 4.69) is 81.5 Å². The van der Waals surface area contributed by atoms with Crippen molar-refractivity contribution in [2.45, 2.75) is 335 Å². The van der Waals surface area contributed by atoms with Crippen molar-refractivity contribution in [1.82, 2.24) is 0 Å². The highest BCUT2D eigenvalue weighted by atomic mass is 16.6. The van der Waals surface area contributed by atoms with Gasteiger partial charge in [0.1, 0.15) is 13.2 Å². The van der Waals surface area contributed by atoms with Gasteiger partial charge in [-0.2, -0.15) is 0 Å². The van der Waals surface area contributed by atoms with Gasteiger partial charge >= 0.3 is 17.9 Å². The topological polar surface area (TPSA) is 78.9 Å². The van der Waals surface area contributed by atoms with E-state index in [1.807, 2.05) is 0 Å². The van der Waals surface area contributed by atoms with Crippen molar-refractivity contribution in [2.24, 2.45) is 0 Å². The van der Waals surface area contributed by atoms with Crippen LogP contribution in [0, 0.1) is 0 Å². The van der Waals surface area contributed by atoms with Gasteiger partial charge in [-0.05, 0) is 57.8 Å². The molecular formula is C67H120O6. The second-order valence-electron chi connectivity index (χ2n) is 21.3. The highest BCUT2D eigenvalue weighted by Crippen LogP contribution is 2.18. The van der Waals surface area contributed by atoms with Crippen molar-refractivity contribution in [3.8, 4) is 0 Å². The predicted octanol–water partition coefficient (Wildman–Crippen LogP) is 21.6. The Morgan fingerprint density at radius 2 is 0.534 bits per heavy atom. The molecule has 0 aromatic heterocycles. The maximum absolute atomic E-state index is 12.9. The number of unbranched alkanes of at least 4 members (excludes halogenated alkanes) is 37. The Hall–Kier alpha value is -2.89. The van der Waals surface area contributed by atoms with E-state index in [1.54, 1.807) is 0 Å². The van der Waals surface area contributed by atoms with Crippen LogP contribution in [0.4, 0.5) is 0 Å². The number of carbonyl (C=O) groups is 3. The van der Waals surface area contributed by atoms with Crippen molar-refractivity contribution < 1.29 is 28.6 Å². The van der Waals surface area contributed by atoms with E-state index in [0.717, 1.165) is 77.0 Å². The highest BCUT2D eigenvalue weighted by Gasteiger charge is 2.19. The van der Waals surface area contributed by atoms with Gasteiger partial charge in [0.25, 0.3) is 0 Å². The second kappa shape index (κ2) is 61.7. The molecule has 0 spiro atoms. The normalized spacial score (nSPS) is 12.4. The SMILES string of the molecule is CC/C=C/C/C=C/C/C=C/C/C=C/C/C=C/CCCC(=O)OC[C@H](COC(=O)CCCCCCCCCCCCCCCCCCCCC)OC(=O)CCCCCCCCCCCCCCCCCCCCC. The Balaban J connectivity index is 4.39. The molecule has 0 rings (SSSR count). The quantitative estimate of drug-likeness (QED) is 0.0261. The van der Waals surface area contributed by atoms with Gasteiger partial charge in [-0.1, -0.05) is 313 Å². The molecule has 0 saturated carbocycles. The molecule has 0 heterocycles. The van der Waals surface area contributed by atoms with Gasteiger partial charge in [-0.3, -0.25) is 14.4 Å². The van der Waals surface area contributed by atoms with Crippen molar-refractivity contribution in [3.05, 3.63) is 60.8 Å². The van der Waals surface area contributed by atoms with Crippen molar-refractivity contribution >= 4 is 17.9 Å². The van der Waals surface area contributed by atoms with Crippen LogP contribution in [-0.2, 0) is 28.6 Å². The molecule has 0 N–H and O–H groups in total. The number of hydrogen-bond donors (Lipinski definition) is 0. The molecule has 73 heavy (non-hydrogen) atoms. The molecule has 0 aromatic rings. The largest absolute Gasteiger partial charge is 0.462 e. The van der Waals surface area contributed by atoms with Gasteiger partial charge in [0, 0.05) is 19.3 Å². The molecule has 0 radical (unpaired) electrons. The summed E-state index contributed by atoms with van der Waals surface area (Å²) in [5, 5.41) is 0. The monoisotopic (exact) mass is 1020 g/mol. The molecule has 0 aliphatic heterocycles. The van der Waals surface area contributed by atoms with E-state index in [1.165, 1.54) is 205 Å². The predicted molar refractivity (Wildman–Crippen MR) is 316 cm³/mol. The molecule has 6 heteroatoms. The third-order valence-corrected chi connectivity index (χ3v) is 14.0. The molecule has 0 aliphatic carbocycles. The zero-order valence-electron chi connectivity index (χ0n) is 48.7. The molecule has 0 aliphatic rings. The zero-order valence-corrected chi connectivity index (χ0v) is 48.7. The summed E-state index contributed by atoms with van der Waals surface area (Å²) in [5.74, 6) is -0.927. The Kier molecular flexibility index (Phi) is 59.2. The lowest BCUT2D eigenvalue weighted by molar-refractivity contribution is -0.167. The van der Waals surface area contributed by atoms with E-state index in [9.17, 15) is 14.4 Å². The van der Waals surface area contributed by atoms with Crippen LogP contribution >= 0.6 is 0 Å². The Labute approximate surface area is 453 Å². The Bertz CT molecular complexity index is 1310. The highest BCUT2D eigenvalue weighted by molar-refractivity contribution is 5.71. The van der Waals surface area contributed by atoms with Crippen LogP contribution in [0.1, 0.15) is 329 Å². The summed E-state index contributed by atoms with van der Waals surface area (Å²) >= 11 is 0. The fraction of sp³-hybridized carbons (Fsp3) is 0.806. The van der Waals surface area contributed by atoms with E-state index in [4.69, 9.17) is 14.2 Å². The van der Waals surface area contributed by atoms with Crippen LogP contribution in [0.2, 0.25) is 0 Å². The lowest BCUT2D eigenvalue weighted by Crippen LogP contribution is -2.30. The molecule has 0 unspecified atom stereocenters. The molecule has 0 amide bonds. The number of allylic oxidation sites excluding steroid dienone is 10. The van der Waals surface area contributed by atoms with Crippen molar-refractivity contribution in [1.29, 1.82) is 0 Å². The molecule has 0 bridgehead atoms. The summed E-state index contributed by atoms with van der Waals surface area (Å²) in [4.78, 5) is 38.3. The first-order valence-corrected chi connectivity index (χ1v) is 31.8. The lowest BCUT2D eigenvalue weighted by Gasteiger charge is -2.18. The summed E-state index contributed by atoms with van der Waals surface area (Å²) < 4.78 is 16.9. The summed E-state index contributed by atoms with van der Waals surface area (Å²) in [6, 6.07) is 0. The van der Waals surface area contributed by atoms with E-state index >= 15 is 0 Å². The van der Waals surface area contributed by atoms with Crippen molar-refractivity contribution in [3.63, 3.8) is 0 Å². The minimum Gasteiger partial charge on any atom is -0.462 e. The number of esters is 3. The van der Waals surface area contributed by atoms with E-state index < -0.39 is 6.10 Å². The smallest absolute Gasteiger partial charge is 0.306 e. The van der Waals surface area contributed by atoms with Crippen LogP contribution in [0.5, 0.6) is 0 Å². The standard InChI is InChI=1S/C67H120O6/c1-4-7-10-13-16-19-22-25-28-31-33-36-39-42-45-48-51-54-57-60-66(69)72-63-64(62-71-65(68)59-56-53-50-47-44-41-38-35-30-27-24-21-18-15-12-9-6-3)73-67(70)61-58-55-52-49-46-43-40-37-34-32-29-26-23-20-17-14-11-8-5-2/h9,12,18,21,27,30,38,41,47,50,64H,4-8,10-11,13-17,19-20,22-26,28-29,31-37,39-40,42-46,48-49,51-63H2,1-3H3/b12-9+,21-18+,30-27+,41-38+,50-47+/t64-/m1/s1. The van der Waals surface area contributed by atoms with E-state index in [-0.39, 0.29) is 37.5 Å². The number of rotatable bonds is 58.